The van der Waals surface area contributed by atoms with Crippen molar-refractivity contribution in [2.24, 2.45) is 5.92 Å². The quantitative estimate of drug-likeness (QED) is 0.629. The molecule has 0 atom stereocenters. The van der Waals surface area contributed by atoms with Gasteiger partial charge in [-0.25, -0.2) is 0 Å². The Bertz CT molecular complexity index is 324. The minimum Gasteiger partial charge on any atom is -0.460 e. The predicted molar refractivity (Wildman–Crippen MR) is 76.5 cm³/mol. The molecule has 0 rings (SSSR count). The molecule has 104 valence electrons. The molecule has 0 N–H and O–H groups in total. The van der Waals surface area contributed by atoms with E-state index in [1.165, 1.54) is 0 Å². The first-order chi connectivity index (χ1) is 8.38. The first-order valence-corrected chi connectivity index (χ1v) is 7.32. The number of rotatable bonds is 7. The Balaban J connectivity index is 4.11. The van der Waals surface area contributed by atoms with Gasteiger partial charge in [0.1, 0.15) is 13.2 Å². The second-order valence-electron chi connectivity index (χ2n) is 3.98. The summed E-state index contributed by atoms with van der Waals surface area (Å²) in [5.74, 6) is -0.671. The van der Waals surface area contributed by atoms with Gasteiger partial charge in [0, 0.05) is 15.4 Å². The van der Waals surface area contributed by atoms with E-state index in [4.69, 9.17) is 9.47 Å². The summed E-state index contributed by atoms with van der Waals surface area (Å²) in [6.45, 7) is 5.71. The van der Waals surface area contributed by atoms with Crippen molar-refractivity contribution >= 4 is 43.8 Å². The van der Waals surface area contributed by atoms with Crippen molar-refractivity contribution in [3.05, 3.63) is 8.96 Å². The molecular weight excluding hydrogens is 368 g/mol. The van der Waals surface area contributed by atoms with Gasteiger partial charge in [-0.15, -0.1) is 0 Å². The van der Waals surface area contributed by atoms with Crippen LogP contribution in [0, 0.1) is 5.92 Å². The minimum absolute atomic E-state index is 0.128. The van der Waals surface area contributed by atoms with Gasteiger partial charge in [-0.2, -0.15) is 0 Å². The zero-order valence-corrected chi connectivity index (χ0v) is 14.0. The highest BCUT2D eigenvalue weighted by molar-refractivity contribution is 9.14. The van der Waals surface area contributed by atoms with E-state index in [2.05, 4.69) is 31.9 Å². The highest BCUT2D eigenvalue weighted by atomic mass is 79.9. The minimum atomic E-state index is -0.268. The second-order valence-corrected chi connectivity index (χ2v) is 5.90. The van der Waals surface area contributed by atoms with Gasteiger partial charge in [-0.1, -0.05) is 52.6 Å². The van der Waals surface area contributed by atoms with Crippen LogP contribution in [0.1, 0.15) is 33.6 Å². The highest BCUT2D eigenvalue weighted by Crippen LogP contribution is 2.19. The number of ether oxygens (including phenoxy) is 2. The van der Waals surface area contributed by atoms with Gasteiger partial charge in [-0.05, 0) is 6.42 Å². The highest BCUT2D eigenvalue weighted by Gasteiger charge is 2.11. The summed E-state index contributed by atoms with van der Waals surface area (Å²) in [6.07, 6.45) is 1.16. The molecule has 0 spiro atoms. The Labute approximate surface area is 124 Å². The van der Waals surface area contributed by atoms with E-state index in [-0.39, 0.29) is 31.1 Å². The maximum absolute atomic E-state index is 11.3. The fraction of sp³-hybridized carbons (Fsp3) is 0.667. The molecule has 0 saturated carbocycles. The largest absolute Gasteiger partial charge is 0.460 e. The molecule has 0 aliphatic carbocycles. The molecule has 0 bridgehead atoms. The molecule has 0 heterocycles. The van der Waals surface area contributed by atoms with Gasteiger partial charge in [0.2, 0.25) is 0 Å². The van der Waals surface area contributed by atoms with E-state index >= 15 is 0 Å². The van der Waals surface area contributed by atoms with Crippen LogP contribution < -0.4 is 0 Å². The van der Waals surface area contributed by atoms with Crippen LogP contribution in [0.4, 0.5) is 0 Å². The SMILES string of the molecule is CCCC(=O)OC/C(Br)=C(\Br)COC(=O)C(C)C. The average Bonchev–Trinajstić information content (AvgIpc) is 2.32. The van der Waals surface area contributed by atoms with Crippen LogP contribution in [0.25, 0.3) is 0 Å². The van der Waals surface area contributed by atoms with Crippen molar-refractivity contribution in [1.29, 1.82) is 0 Å². The summed E-state index contributed by atoms with van der Waals surface area (Å²) in [7, 11) is 0. The summed E-state index contributed by atoms with van der Waals surface area (Å²) in [5.41, 5.74) is 0. The maximum atomic E-state index is 11.3. The predicted octanol–water partition coefficient (Wildman–Crippen LogP) is 3.53. The van der Waals surface area contributed by atoms with Crippen LogP contribution in [0.3, 0.4) is 0 Å². The van der Waals surface area contributed by atoms with Gasteiger partial charge in [0.15, 0.2) is 0 Å². The first-order valence-electron chi connectivity index (χ1n) is 5.73. The number of hydrogen-bond acceptors (Lipinski definition) is 4. The van der Waals surface area contributed by atoms with Crippen LogP contribution in [0.15, 0.2) is 8.96 Å². The van der Waals surface area contributed by atoms with Gasteiger partial charge < -0.3 is 9.47 Å². The smallest absolute Gasteiger partial charge is 0.308 e. The van der Waals surface area contributed by atoms with Crippen LogP contribution in [-0.4, -0.2) is 25.2 Å². The standard InChI is InChI=1S/C12H18Br2O4/c1-4-5-11(15)17-6-9(13)10(14)7-18-12(16)8(2)3/h8H,4-7H2,1-3H3/b10-9+. The number of carbonyl (C=O) groups excluding carboxylic acids is 2. The third kappa shape index (κ3) is 7.87. The average molecular weight is 386 g/mol. The van der Waals surface area contributed by atoms with Gasteiger partial charge in [-0.3, -0.25) is 9.59 Å². The zero-order valence-electron chi connectivity index (χ0n) is 10.8. The van der Waals surface area contributed by atoms with Gasteiger partial charge in [0.25, 0.3) is 0 Å². The van der Waals surface area contributed by atoms with E-state index in [0.717, 1.165) is 6.42 Å². The van der Waals surface area contributed by atoms with Crippen molar-refractivity contribution in [3.8, 4) is 0 Å². The molecule has 0 radical (unpaired) electrons. The molecule has 0 aromatic rings. The Hall–Kier alpha value is -0.360. The molecular formula is C12H18Br2O4. The lowest BCUT2D eigenvalue weighted by Crippen LogP contribution is -2.13. The lowest BCUT2D eigenvalue weighted by molar-refractivity contribution is -0.146. The van der Waals surface area contributed by atoms with Crippen molar-refractivity contribution in [2.75, 3.05) is 13.2 Å². The van der Waals surface area contributed by atoms with Gasteiger partial charge in [0.05, 0.1) is 5.92 Å². The Morgan fingerprint density at radius 1 is 1.06 bits per heavy atom. The van der Waals surface area contributed by atoms with Crippen molar-refractivity contribution in [1.82, 2.24) is 0 Å². The fourth-order valence-electron chi connectivity index (χ4n) is 0.878. The molecule has 0 aliphatic rings. The lowest BCUT2D eigenvalue weighted by atomic mass is 10.2. The summed E-state index contributed by atoms with van der Waals surface area (Å²) in [5, 5.41) is 0. The van der Waals surface area contributed by atoms with Crippen molar-refractivity contribution < 1.29 is 19.1 Å². The number of carbonyl (C=O) groups is 2. The molecule has 0 amide bonds. The molecule has 6 heteroatoms. The van der Waals surface area contributed by atoms with Crippen LogP contribution in [-0.2, 0) is 19.1 Å². The third-order valence-electron chi connectivity index (χ3n) is 1.92. The molecule has 0 unspecified atom stereocenters. The fourth-order valence-corrected chi connectivity index (χ4v) is 1.34. The Morgan fingerprint density at radius 3 is 2.00 bits per heavy atom. The molecule has 4 nitrogen and oxygen atoms in total. The molecule has 18 heavy (non-hydrogen) atoms. The summed E-state index contributed by atoms with van der Waals surface area (Å²) in [6, 6.07) is 0. The van der Waals surface area contributed by atoms with Crippen LogP contribution in [0.5, 0.6) is 0 Å². The summed E-state index contributed by atoms with van der Waals surface area (Å²) in [4.78, 5) is 22.4. The van der Waals surface area contributed by atoms with E-state index in [1.54, 1.807) is 13.8 Å². The number of esters is 2. The normalized spacial score (nSPS) is 12.1. The van der Waals surface area contributed by atoms with Crippen molar-refractivity contribution in [2.45, 2.75) is 33.6 Å². The third-order valence-corrected chi connectivity index (χ3v) is 3.87. The Kier molecular flexibility index (Phi) is 9.36. The molecule has 0 aliphatic heterocycles. The van der Waals surface area contributed by atoms with Crippen LogP contribution >= 0.6 is 31.9 Å². The maximum Gasteiger partial charge on any atom is 0.308 e. The zero-order chi connectivity index (χ0) is 14.1. The monoisotopic (exact) mass is 384 g/mol. The summed E-state index contributed by atoms with van der Waals surface area (Å²) >= 11 is 6.55. The number of hydrogen-bond donors (Lipinski definition) is 0. The topological polar surface area (TPSA) is 52.6 Å². The molecule has 0 aromatic heterocycles. The second kappa shape index (κ2) is 9.55. The van der Waals surface area contributed by atoms with E-state index in [1.807, 2.05) is 6.92 Å². The van der Waals surface area contributed by atoms with Crippen LogP contribution in [0.2, 0.25) is 0 Å². The molecule has 0 fully saturated rings. The number of halogens is 2. The molecule has 0 saturated heterocycles. The van der Waals surface area contributed by atoms with Gasteiger partial charge >= 0.3 is 11.9 Å². The van der Waals surface area contributed by atoms with Crippen molar-refractivity contribution in [3.63, 3.8) is 0 Å². The summed E-state index contributed by atoms with van der Waals surface area (Å²) < 4.78 is 11.3. The lowest BCUT2D eigenvalue weighted by Gasteiger charge is -2.09. The first kappa shape index (κ1) is 17.6. The van der Waals surface area contributed by atoms with E-state index in [0.29, 0.717) is 15.4 Å². The molecule has 0 aromatic carbocycles. The Morgan fingerprint density at radius 2 is 1.56 bits per heavy atom. The van der Waals surface area contributed by atoms with E-state index in [9.17, 15) is 9.59 Å². The van der Waals surface area contributed by atoms with E-state index < -0.39 is 0 Å².